The lowest BCUT2D eigenvalue weighted by Gasteiger charge is -2.32. The normalized spacial score (nSPS) is 16.6. The number of hydrogen-bond donors (Lipinski definition) is 1. The maximum atomic E-state index is 15.5. The highest BCUT2D eigenvalue weighted by Gasteiger charge is 2.52. The molecule has 2 N–H and O–H groups in total. The number of allylic oxidation sites excluding steroid dienone is 2. The smallest absolute Gasteiger partial charge is 0.390 e. The van der Waals surface area contributed by atoms with Crippen molar-refractivity contribution in [3.8, 4) is 0 Å². The first-order chi connectivity index (χ1) is 14.8. The highest BCUT2D eigenvalue weighted by molar-refractivity contribution is 6.58. The van der Waals surface area contributed by atoms with Gasteiger partial charge in [0.25, 0.3) is 5.69 Å². The molecule has 2 aliphatic heterocycles. The Morgan fingerprint density at radius 2 is 2.06 bits per heavy atom. The fourth-order valence-electron chi connectivity index (χ4n) is 4.42. The molecule has 0 spiro atoms. The van der Waals surface area contributed by atoms with Crippen LogP contribution in [-0.4, -0.2) is 33.6 Å². The summed E-state index contributed by atoms with van der Waals surface area (Å²) in [4.78, 5) is 10.9. The van der Waals surface area contributed by atoms with Crippen LogP contribution >= 0.6 is 0 Å². The number of halogens is 2. The molecular weight excluding hydrogens is 401 g/mol. The Labute approximate surface area is 178 Å². The minimum atomic E-state index is -4.08. The first-order valence-corrected chi connectivity index (χ1v) is 10.2. The largest absolute Gasteiger partial charge is 0.737 e. The van der Waals surface area contributed by atoms with E-state index in [2.05, 4.69) is 0 Å². The van der Waals surface area contributed by atoms with Crippen LogP contribution < -0.4 is 5.73 Å². The molecule has 160 valence electrons. The molecule has 2 aromatic rings. The van der Waals surface area contributed by atoms with Gasteiger partial charge >= 0.3 is 6.97 Å². The summed E-state index contributed by atoms with van der Waals surface area (Å²) >= 11 is 0. The summed E-state index contributed by atoms with van der Waals surface area (Å²) in [5.41, 5.74) is 9.88. The van der Waals surface area contributed by atoms with Gasteiger partial charge < -0.3 is 23.3 Å². The minimum absolute atomic E-state index is 0.0307. The molecule has 1 aromatic heterocycles. The number of nitrogens with two attached hydrogens (primary N) is 1. The van der Waals surface area contributed by atoms with E-state index in [-0.39, 0.29) is 5.69 Å². The van der Waals surface area contributed by atoms with Gasteiger partial charge in [0.1, 0.15) is 6.21 Å². The van der Waals surface area contributed by atoms with Crippen LogP contribution in [0, 0.1) is 17.0 Å². The number of aromatic nitrogens is 1. The van der Waals surface area contributed by atoms with Crippen molar-refractivity contribution in [3.05, 3.63) is 80.3 Å². The number of aryl methyl sites for hydroxylation is 2. The molecule has 0 saturated carbocycles. The molecule has 0 amide bonds. The quantitative estimate of drug-likeness (QED) is 0.425. The molecule has 2 aliphatic rings. The second kappa shape index (κ2) is 7.74. The van der Waals surface area contributed by atoms with Gasteiger partial charge in [-0.05, 0) is 49.6 Å². The van der Waals surface area contributed by atoms with Crippen molar-refractivity contribution in [2.24, 2.45) is 5.73 Å². The molecule has 0 radical (unpaired) electrons. The number of hydrogen-bond acceptors (Lipinski definition) is 3. The first kappa shape index (κ1) is 20.9. The van der Waals surface area contributed by atoms with Gasteiger partial charge in [-0.1, -0.05) is 25.1 Å². The number of nitro benzene ring substituents is 1. The van der Waals surface area contributed by atoms with Gasteiger partial charge in [-0.2, -0.15) is 0 Å². The summed E-state index contributed by atoms with van der Waals surface area (Å²) in [6.45, 7) is -0.0708. The van der Waals surface area contributed by atoms with E-state index in [0.717, 1.165) is 20.1 Å². The second-order valence-electron chi connectivity index (χ2n) is 7.71. The van der Waals surface area contributed by atoms with Crippen LogP contribution in [0.15, 0.2) is 42.1 Å². The summed E-state index contributed by atoms with van der Waals surface area (Å²) in [5, 5.41) is 11.3. The first-order valence-electron chi connectivity index (χ1n) is 10.2. The van der Waals surface area contributed by atoms with Gasteiger partial charge in [0.05, 0.1) is 4.92 Å². The van der Waals surface area contributed by atoms with Crippen LogP contribution in [0.4, 0.5) is 14.3 Å². The van der Waals surface area contributed by atoms with Crippen LogP contribution in [0.1, 0.15) is 41.4 Å². The van der Waals surface area contributed by atoms with Gasteiger partial charge in [-0.25, -0.2) is 0 Å². The Morgan fingerprint density at radius 3 is 2.74 bits per heavy atom. The van der Waals surface area contributed by atoms with Crippen molar-refractivity contribution in [1.82, 2.24) is 4.48 Å². The van der Waals surface area contributed by atoms with Crippen molar-refractivity contribution >= 4 is 36.6 Å². The van der Waals surface area contributed by atoms with Gasteiger partial charge in [0.15, 0.2) is 5.70 Å². The molecule has 9 heteroatoms. The third kappa shape index (κ3) is 3.35. The monoisotopic (exact) mass is 424 g/mol. The molecule has 31 heavy (non-hydrogen) atoms. The molecule has 0 unspecified atom stereocenters. The van der Waals surface area contributed by atoms with Gasteiger partial charge in [0.2, 0.25) is 0 Å². The Morgan fingerprint density at radius 1 is 1.29 bits per heavy atom. The van der Waals surface area contributed by atoms with E-state index in [1.165, 1.54) is 12.3 Å². The number of rotatable bonds is 6. The maximum Gasteiger partial charge on any atom is 0.737 e. The number of nitro groups is 1. The van der Waals surface area contributed by atoms with Crippen molar-refractivity contribution in [1.29, 1.82) is 0 Å². The number of fused-ring (bicyclic) bond motifs is 2. The van der Waals surface area contributed by atoms with Crippen molar-refractivity contribution in [3.63, 3.8) is 0 Å². The average Bonchev–Trinajstić information content (AvgIpc) is 3.35. The Bertz CT molecular complexity index is 1210. The fraction of sp³-hybridized carbons (Fsp3) is 0.227. The Balaban J connectivity index is 1.82. The molecule has 6 nitrogen and oxygen atoms in total. The topological polar surface area (TPSA) is 77.1 Å². The third-order valence-corrected chi connectivity index (χ3v) is 5.80. The van der Waals surface area contributed by atoms with E-state index in [0.29, 0.717) is 47.6 Å². The second-order valence-corrected chi connectivity index (χ2v) is 7.71. The highest BCUT2D eigenvalue weighted by atomic mass is 19.2. The van der Waals surface area contributed by atoms with Crippen LogP contribution in [0.2, 0.25) is 0 Å². The van der Waals surface area contributed by atoms with E-state index in [1.807, 2.05) is 13.8 Å². The zero-order valence-corrected chi connectivity index (χ0v) is 17.4. The summed E-state index contributed by atoms with van der Waals surface area (Å²) in [6.07, 6.45) is 8.95. The molecular formula is C22H23BF2N4O2. The molecule has 0 aliphatic carbocycles. The maximum absolute atomic E-state index is 15.5. The van der Waals surface area contributed by atoms with Crippen molar-refractivity contribution in [2.75, 3.05) is 6.54 Å². The molecule has 4 rings (SSSR count). The zero-order chi connectivity index (χ0) is 22.3. The Hall–Kier alpha value is -3.33. The predicted octanol–water partition coefficient (Wildman–Crippen LogP) is 4.39. The van der Waals surface area contributed by atoms with Crippen molar-refractivity contribution in [2.45, 2.75) is 26.7 Å². The lowest BCUT2D eigenvalue weighted by atomic mass is 9.86. The average molecular weight is 424 g/mol. The Kier molecular flexibility index (Phi) is 5.22. The van der Waals surface area contributed by atoms with E-state index in [4.69, 9.17) is 5.73 Å². The van der Waals surface area contributed by atoms with E-state index in [1.54, 1.807) is 42.5 Å². The van der Waals surface area contributed by atoms with E-state index in [9.17, 15) is 10.1 Å². The standard InChI is InChI=1S/C22H23BF2N4O2/c1-3-17-8-6-16(14-21(17)29(30)31)7-9-18-13-15(2)22-19(10-11-26)20-5-4-12-27(20)23(24,25)28(18)22/h4-9,12-14H,3,10-11,26H2,1-2H3/b9-7+. The zero-order valence-electron chi connectivity index (χ0n) is 17.4. The molecule has 3 heterocycles. The lowest BCUT2D eigenvalue weighted by Crippen LogP contribution is -2.50. The van der Waals surface area contributed by atoms with Crippen molar-refractivity contribution < 1.29 is 18.0 Å². The lowest BCUT2D eigenvalue weighted by molar-refractivity contribution is -0.385. The third-order valence-electron chi connectivity index (χ3n) is 5.80. The minimum Gasteiger partial charge on any atom is -0.390 e. The van der Waals surface area contributed by atoms with Crippen LogP contribution in [-0.2, 0) is 6.42 Å². The van der Waals surface area contributed by atoms with Gasteiger partial charge in [0, 0.05) is 40.7 Å². The van der Waals surface area contributed by atoms with Crippen LogP contribution in [0.3, 0.4) is 0 Å². The molecule has 1 aromatic carbocycles. The van der Waals surface area contributed by atoms with E-state index < -0.39 is 11.9 Å². The predicted molar refractivity (Wildman–Crippen MR) is 120 cm³/mol. The summed E-state index contributed by atoms with van der Waals surface area (Å²) in [7, 11) is 0. The van der Waals surface area contributed by atoms with Crippen LogP contribution in [0.25, 0.3) is 17.7 Å². The summed E-state index contributed by atoms with van der Waals surface area (Å²) in [6, 6.07) is 6.66. The highest BCUT2D eigenvalue weighted by Crippen LogP contribution is 2.40. The van der Waals surface area contributed by atoms with E-state index >= 15 is 8.63 Å². The molecule has 0 fully saturated rings. The molecule has 0 atom stereocenters. The fourth-order valence-corrected chi connectivity index (χ4v) is 4.42. The summed E-state index contributed by atoms with van der Waals surface area (Å²) < 4.78 is 33.2. The summed E-state index contributed by atoms with van der Waals surface area (Å²) in [5.74, 6) is 0. The number of benzene rings is 1. The van der Waals surface area contributed by atoms with Gasteiger partial charge in [-0.3, -0.25) is 10.1 Å². The SMILES string of the molecule is CCc1ccc(/C=C/c2cc(C)c3n2[B-](F)(F)[N+]2=CC=CC2=C3CCN)cc1[N+](=O)[O-]. The number of nitrogens with zero attached hydrogens (tertiary/aromatic N) is 3. The molecule has 0 saturated heterocycles. The van der Waals surface area contributed by atoms with Crippen LogP contribution in [0.5, 0.6) is 0 Å². The molecule has 0 bridgehead atoms. The van der Waals surface area contributed by atoms with Gasteiger partial charge in [-0.15, -0.1) is 0 Å².